The average molecular weight is 446 g/mol. The second-order valence-electron chi connectivity index (χ2n) is 7.20. The number of nitrogens with zero attached hydrogens (tertiary/aromatic N) is 1. The van der Waals surface area contributed by atoms with Crippen molar-refractivity contribution in [1.82, 2.24) is 9.62 Å². The molecule has 0 aliphatic carbocycles. The molecule has 1 aliphatic rings. The Morgan fingerprint density at radius 1 is 0.935 bits per heavy atom. The highest BCUT2D eigenvalue weighted by Gasteiger charge is 2.25. The molecule has 0 spiro atoms. The summed E-state index contributed by atoms with van der Waals surface area (Å²) in [5, 5.41) is 5.06. The molecule has 1 saturated heterocycles. The fourth-order valence-corrected chi connectivity index (χ4v) is 4.80. The number of amides is 2. The zero-order valence-electron chi connectivity index (χ0n) is 17.5. The van der Waals surface area contributed by atoms with Gasteiger partial charge in [-0.15, -0.1) is 0 Å². The molecule has 3 rings (SSSR count). The third kappa shape index (κ3) is 6.05. The summed E-state index contributed by atoms with van der Waals surface area (Å²) >= 11 is 0. The van der Waals surface area contributed by atoms with Crippen molar-refractivity contribution in [2.24, 2.45) is 0 Å². The summed E-state index contributed by atoms with van der Waals surface area (Å²) in [5.74, 6) is -0.886. The Bertz CT molecular complexity index is 998. The predicted octanol–water partition coefficient (Wildman–Crippen LogP) is 2.51. The molecule has 8 nitrogen and oxygen atoms in total. The molecule has 1 heterocycles. The fourth-order valence-electron chi connectivity index (χ4n) is 3.29. The molecule has 2 aromatic carbocycles. The molecule has 1 aliphatic heterocycles. The van der Waals surface area contributed by atoms with Gasteiger partial charge in [-0.1, -0.05) is 18.6 Å². The predicted molar refractivity (Wildman–Crippen MR) is 117 cm³/mol. The second-order valence-corrected chi connectivity index (χ2v) is 9.14. The Hall–Kier alpha value is -2.91. The third-order valence-electron chi connectivity index (χ3n) is 4.96. The molecular weight excluding hydrogens is 418 g/mol. The number of hydrogen-bond acceptors (Lipinski definition) is 5. The van der Waals surface area contributed by atoms with Gasteiger partial charge in [0.25, 0.3) is 0 Å². The molecule has 166 valence electrons. The monoisotopic (exact) mass is 445 g/mol. The molecule has 0 radical (unpaired) electrons. The van der Waals surface area contributed by atoms with Crippen LogP contribution in [0.4, 0.5) is 5.69 Å². The van der Waals surface area contributed by atoms with Crippen LogP contribution in [0.2, 0.25) is 0 Å². The Balaban J connectivity index is 1.52. The Morgan fingerprint density at radius 3 is 2.19 bits per heavy atom. The number of hydrogen-bond donors (Lipinski definition) is 2. The number of carbonyl (C=O) groups is 2. The van der Waals surface area contributed by atoms with Crippen LogP contribution >= 0.6 is 0 Å². The molecule has 2 aromatic rings. The molecule has 2 N–H and O–H groups in total. The number of piperidine rings is 1. The minimum atomic E-state index is -3.49. The van der Waals surface area contributed by atoms with Crippen molar-refractivity contribution >= 4 is 27.5 Å². The summed E-state index contributed by atoms with van der Waals surface area (Å²) in [7, 11) is -3.49. The Morgan fingerprint density at radius 2 is 1.58 bits per heavy atom. The van der Waals surface area contributed by atoms with E-state index in [-0.39, 0.29) is 11.4 Å². The number of nitrogens with one attached hydrogen (secondary N) is 2. The van der Waals surface area contributed by atoms with Gasteiger partial charge in [0.2, 0.25) is 10.0 Å². The quantitative estimate of drug-likeness (QED) is 0.637. The van der Waals surface area contributed by atoms with Crippen LogP contribution in [0, 0.1) is 0 Å². The number of anilines is 1. The fraction of sp³-hybridized carbons (Fsp3) is 0.364. The smallest absolute Gasteiger partial charge is 0.313 e. The van der Waals surface area contributed by atoms with Gasteiger partial charge >= 0.3 is 11.8 Å². The van der Waals surface area contributed by atoms with Crippen molar-refractivity contribution in [1.29, 1.82) is 0 Å². The van der Waals surface area contributed by atoms with E-state index >= 15 is 0 Å². The maximum atomic E-state index is 12.7. The minimum absolute atomic E-state index is 0.111. The van der Waals surface area contributed by atoms with Gasteiger partial charge in [-0.3, -0.25) is 9.59 Å². The lowest BCUT2D eigenvalue weighted by Crippen LogP contribution is -2.35. The van der Waals surface area contributed by atoms with Crippen molar-refractivity contribution in [3.63, 3.8) is 0 Å². The maximum Gasteiger partial charge on any atom is 0.313 e. The largest absolute Gasteiger partial charge is 0.494 e. The molecule has 9 heteroatoms. The van der Waals surface area contributed by atoms with E-state index < -0.39 is 21.8 Å². The van der Waals surface area contributed by atoms with E-state index in [1.807, 2.05) is 6.92 Å². The summed E-state index contributed by atoms with van der Waals surface area (Å²) in [4.78, 5) is 24.4. The van der Waals surface area contributed by atoms with Crippen LogP contribution in [-0.4, -0.2) is 44.2 Å². The Labute approximate surface area is 182 Å². The van der Waals surface area contributed by atoms with Gasteiger partial charge in [0.1, 0.15) is 5.75 Å². The second kappa shape index (κ2) is 10.4. The van der Waals surface area contributed by atoms with Crippen molar-refractivity contribution in [2.75, 3.05) is 25.0 Å². The summed E-state index contributed by atoms with van der Waals surface area (Å²) in [5.41, 5.74) is 1.18. The van der Waals surface area contributed by atoms with Crippen molar-refractivity contribution in [3.05, 3.63) is 54.1 Å². The number of ether oxygens (including phenoxy) is 1. The molecule has 0 aromatic heterocycles. The summed E-state index contributed by atoms with van der Waals surface area (Å²) in [6, 6.07) is 13.1. The summed E-state index contributed by atoms with van der Waals surface area (Å²) < 4.78 is 32.2. The SMILES string of the molecule is CCOc1ccc(NC(=O)C(=O)NCc2ccc(S(=O)(=O)N3CCCCC3)cc2)cc1. The number of sulfonamides is 1. The van der Waals surface area contributed by atoms with E-state index in [1.54, 1.807) is 36.4 Å². The lowest BCUT2D eigenvalue weighted by atomic mass is 10.2. The average Bonchev–Trinajstić information content (AvgIpc) is 2.79. The molecule has 31 heavy (non-hydrogen) atoms. The molecule has 0 atom stereocenters. The van der Waals surface area contributed by atoms with Crippen LogP contribution in [-0.2, 0) is 26.2 Å². The zero-order chi connectivity index (χ0) is 22.3. The van der Waals surface area contributed by atoms with Crippen LogP contribution < -0.4 is 15.4 Å². The van der Waals surface area contributed by atoms with Gasteiger partial charge in [0, 0.05) is 25.3 Å². The van der Waals surface area contributed by atoms with E-state index in [1.165, 1.54) is 16.4 Å². The molecule has 2 amide bonds. The molecule has 1 fully saturated rings. The topological polar surface area (TPSA) is 105 Å². The van der Waals surface area contributed by atoms with Crippen LogP contribution in [0.3, 0.4) is 0 Å². The minimum Gasteiger partial charge on any atom is -0.494 e. The van der Waals surface area contributed by atoms with Gasteiger partial charge < -0.3 is 15.4 Å². The van der Waals surface area contributed by atoms with E-state index in [9.17, 15) is 18.0 Å². The van der Waals surface area contributed by atoms with Gasteiger partial charge in [0.05, 0.1) is 11.5 Å². The van der Waals surface area contributed by atoms with Gasteiger partial charge in [-0.05, 0) is 61.7 Å². The van der Waals surface area contributed by atoms with Crippen LogP contribution in [0.15, 0.2) is 53.4 Å². The summed E-state index contributed by atoms with van der Waals surface area (Å²) in [6.07, 6.45) is 2.81. The highest BCUT2D eigenvalue weighted by atomic mass is 32.2. The first-order valence-electron chi connectivity index (χ1n) is 10.3. The van der Waals surface area contributed by atoms with E-state index in [2.05, 4.69) is 10.6 Å². The number of rotatable bonds is 7. The normalized spacial score (nSPS) is 14.6. The highest BCUT2D eigenvalue weighted by Crippen LogP contribution is 2.21. The first-order valence-corrected chi connectivity index (χ1v) is 11.8. The highest BCUT2D eigenvalue weighted by molar-refractivity contribution is 7.89. The summed E-state index contributed by atoms with van der Waals surface area (Å²) in [6.45, 7) is 3.62. The van der Waals surface area contributed by atoms with Gasteiger partial charge in [-0.2, -0.15) is 4.31 Å². The molecular formula is C22H27N3O5S. The van der Waals surface area contributed by atoms with Crippen molar-refractivity contribution in [3.8, 4) is 5.75 Å². The maximum absolute atomic E-state index is 12.7. The Kier molecular flexibility index (Phi) is 7.64. The van der Waals surface area contributed by atoms with E-state index in [4.69, 9.17) is 4.74 Å². The lowest BCUT2D eigenvalue weighted by molar-refractivity contribution is -0.136. The van der Waals surface area contributed by atoms with Crippen LogP contribution in [0.1, 0.15) is 31.7 Å². The van der Waals surface area contributed by atoms with E-state index in [0.717, 1.165) is 19.3 Å². The van der Waals surface area contributed by atoms with Crippen LogP contribution in [0.25, 0.3) is 0 Å². The molecule has 0 saturated carbocycles. The zero-order valence-corrected chi connectivity index (χ0v) is 18.3. The van der Waals surface area contributed by atoms with Crippen LogP contribution in [0.5, 0.6) is 5.75 Å². The van der Waals surface area contributed by atoms with Crippen molar-refractivity contribution in [2.45, 2.75) is 37.6 Å². The number of benzene rings is 2. The van der Waals surface area contributed by atoms with Gasteiger partial charge in [0.15, 0.2) is 0 Å². The first kappa shape index (κ1) is 22.8. The third-order valence-corrected chi connectivity index (χ3v) is 6.87. The number of carbonyl (C=O) groups excluding carboxylic acids is 2. The molecule has 0 unspecified atom stereocenters. The standard InChI is InChI=1S/C22H27N3O5S/c1-2-30-19-10-8-18(9-11-19)24-22(27)21(26)23-16-17-6-12-20(13-7-17)31(28,29)25-14-4-3-5-15-25/h6-13H,2-5,14-16H2,1H3,(H,23,26)(H,24,27). The first-order chi connectivity index (χ1) is 14.9. The van der Waals surface area contributed by atoms with Crippen molar-refractivity contribution < 1.29 is 22.7 Å². The lowest BCUT2D eigenvalue weighted by Gasteiger charge is -2.25. The molecule has 0 bridgehead atoms. The van der Waals surface area contributed by atoms with E-state index in [0.29, 0.717) is 36.7 Å². The van der Waals surface area contributed by atoms with Gasteiger partial charge in [-0.25, -0.2) is 8.42 Å².